The molecule has 2 rings (SSSR count). The summed E-state index contributed by atoms with van der Waals surface area (Å²) in [5, 5.41) is 19.1. The van der Waals surface area contributed by atoms with Crippen LogP contribution in [0.25, 0.3) is 0 Å². The molecule has 1 fully saturated rings. The number of carbonyl (C=O) groups is 6. The summed E-state index contributed by atoms with van der Waals surface area (Å²) in [5.74, 6) is -2.49. The quantitative estimate of drug-likeness (QED) is 0.0390. The van der Waals surface area contributed by atoms with E-state index in [1.54, 1.807) is 32.2 Å². The van der Waals surface area contributed by atoms with Gasteiger partial charge < -0.3 is 30.1 Å². The van der Waals surface area contributed by atoms with Gasteiger partial charge in [0.1, 0.15) is 30.3 Å². The van der Waals surface area contributed by atoms with Crippen LogP contribution in [0.15, 0.2) is 78.4 Å². The molecule has 14 heteroatoms. The highest BCUT2D eigenvalue weighted by Crippen LogP contribution is 2.21. The van der Waals surface area contributed by atoms with E-state index >= 15 is 0 Å². The predicted molar refractivity (Wildman–Crippen MR) is 222 cm³/mol. The Morgan fingerprint density at radius 3 is 2.31 bits per heavy atom. The van der Waals surface area contributed by atoms with Gasteiger partial charge >= 0.3 is 5.97 Å². The number of allylic oxidation sites excluding steroid dienone is 5. The maximum Gasteiger partial charge on any atom is 0.325 e. The average molecular weight is 808 g/mol. The summed E-state index contributed by atoms with van der Waals surface area (Å²) < 4.78 is 6.05. The van der Waals surface area contributed by atoms with Crippen LogP contribution in [0.4, 0.5) is 0 Å². The summed E-state index contributed by atoms with van der Waals surface area (Å²) >= 11 is 0. The van der Waals surface area contributed by atoms with Crippen molar-refractivity contribution in [2.45, 2.75) is 110 Å². The molecule has 4 N–H and O–H groups in total. The molecular weight excluding hydrogens is 743 g/mol. The Hall–Kier alpha value is -4.76. The summed E-state index contributed by atoms with van der Waals surface area (Å²) in [6.45, 7) is 9.26. The van der Waals surface area contributed by atoms with Crippen molar-refractivity contribution in [3.63, 3.8) is 0 Å². The topological polar surface area (TPSA) is 184 Å². The Morgan fingerprint density at radius 1 is 1.03 bits per heavy atom. The van der Waals surface area contributed by atoms with Gasteiger partial charge in [-0.1, -0.05) is 87.6 Å². The van der Waals surface area contributed by atoms with Crippen molar-refractivity contribution >= 4 is 35.8 Å². The van der Waals surface area contributed by atoms with Crippen LogP contribution in [0.3, 0.4) is 0 Å². The molecule has 1 aliphatic rings. The summed E-state index contributed by atoms with van der Waals surface area (Å²) in [6, 6.07) is 7.18. The van der Waals surface area contributed by atoms with E-state index in [4.69, 9.17) is 9.57 Å². The molecule has 0 saturated carbocycles. The highest BCUT2D eigenvalue weighted by Gasteiger charge is 2.35. The molecular formula is C44H65N5O9. The number of benzene rings is 1. The molecule has 58 heavy (non-hydrogen) atoms. The third-order valence-corrected chi connectivity index (χ3v) is 10.1. The van der Waals surface area contributed by atoms with Crippen LogP contribution in [-0.2, 0) is 44.8 Å². The Bertz CT molecular complexity index is 1610. The number of rotatable bonds is 24. The lowest BCUT2D eigenvalue weighted by Gasteiger charge is -2.36. The molecule has 1 saturated heterocycles. The molecule has 3 amide bonds. The number of hydrogen-bond acceptors (Lipinski definition) is 11. The molecule has 1 aromatic rings. The van der Waals surface area contributed by atoms with Crippen molar-refractivity contribution in [1.29, 1.82) is 0 Å². The van der Waals surface area contributed by atoms with Crippen molar-refractivity contribution in [2.24, 2.45) is 17.8 Å². The van der Waals surface area contributed by atoms with E-state index in [0.29, 0.717) is 44.1 Å². The highest BCUT2D eigenvalue weighted by atomic mass is 16.7. The number of ketones is 1. The van der Waals surface area contributed by atoms with Crippen molar-refractivity contribution in [1.82, 2.24) is 26.1 Å². The van der Waals surface area contributed by atoms with E-state index in [0.717, 1.165) is 10.6 Å². The second-order valence-electron chi connectivity index (χ2n) is 15.1. The number of aliphatic hydroxyl groups is 1. The molecule has 0 aliphatic carbocycles. The minimum Gasteiger partial charge on any atom is -0.456 e. The molecule has 6 unspecified atom stereocenters. The van der Waals surface area contributed by atoms with Gasteiger partial charge in [-0.15, -0.1) is 0 Å². The number of nitrogens with one attached hydrogen (secondary N) is 3. The van der Waals surface area contributed by atoms with Gasteiger partial charge in [0, 0.05) is 44.8 Å². The van der Waals surface area contributed by atoms with E-state index in [-0.39, 0.29) is 54.6 Å². The number of nitrogens with zero attached hydrogens (tertiary/aromatic N) is 2. The van der Waals surface area contributed by atoms with E-state index < -0.39 is 42.2 Å². The standard InChI is InChI=1S/C44H65N5O9/c1-30(2)40(45-6)42(54)46-37(28-34-20-13-11-14-21-34)43(55)49-27-17-22-36(47-49)44(56)58-38(31(3)19-16-24-39(52)48(7)57-8)23-15-10-9-12-18-32(4)41(53)35(29-50)26-25-33(5)51/h9-16,19-21,24,29-30,32,35-38,40-41,45,47,53H,17-18,22-23,25-28H2,1-8H3,(H,46,54)/b12-9+,15-10+,24-16+,31-19+/t32?,35?,36?,37?,38-,40?,41?/m0/s1. The van der Waals surface area contributed by atoms with Gasteiger partial charge in [0.15, 0.2) is 0 Å². The van der Waals surface area contributed by atoms with Crippen molar-refractivity contribution < 1.29 is 43.4 Å². The Balaban J connectivity index is 2.22. The van der Waals surface area contributed by atoms with Crippen LogP contribution < -0.4 is 16.1 Å². The maximum absolute atomic E-state index is 14.0. The second-order valence-corrected chi connectivity index (χ2v) is 15.1. The Kier molecular flexibility index (Phi) is 22.4. The van der Waals surface area contributed by atoms with E-state index in [2.05, 4.69) is 16.1 Å². The summed E-state index contributed by atoms with van der Waals surface area (Å²) in [7, 11) is 4.57. The van der Waals surface area contributed by atoms with Gasteiger partial charge in [0.2, 0.25) is 5.91 Å². The number of hydroxylamine groups is 2. The molecule has 0 spiro atoms. The first-order valence-electron chi connectivity index (χ1n) is 20.0. The van der Waals surface area contributed by atoms with Crippen LogP contribution in [-0.4, -0.2) is 109 Å². The minimum absolute atomic E-state index is 0.0150. The molecule has 0 bridgehead atoms. The number of likely N-dealkylation sites (N-methyl/N-ethyl adjacent to an activating group) is 2. The van der Waals surface area contributed by atoms with Gasteiger partial charge in [-0.25, -0.2) is 10.5 Å². The SMILES string of the molecule is CNC(C(=O)NC(Cc1ccccc1)C(=O)N1CCCC(C(=O)O[C@@H](C/C=C/C=C/CC(C)C(O)C(C=O)CCC(C)=O)/C(C)=C/C=C/C(=O)N(C)OC)N1)C(C)C. The predicted octanol–water partition coefficient (Wildman–Crippen LogP) is 3.96. The summed E-state index contributed by atoms with van der Waals surface area (Å²) in [6.07, 6.45) is 13.5. The largest absolute Gasteiger partial charge is 0.456 e. The molecule has 7 atom stereocenters. The monoisotopic (exact) mass is 807 g/mol. The smallest absolute Gasteiger partial charge is 0.325 e. The van der Waals surface area contributed by atoms with Gasteiger partial charge in [0.05, 0.1) is 19.3 Å². The van der Waals surface area contributed by atoms with Crippen LogP contribution in [0.2, 0.25) is 0 Å². The molecule has 1 heterocycles. The maximum atomic E-state index is 14.0. The first-order valence-corrected chi connectivity index (χ1v) is 20.0. The van der Waals surface area contributed by atoms with Gasteiger partial charge in [-0.3, -0.25) is 29.0 Å². The number of hydrazine groups is 1. The first-order chi connectivity index (χ1) is 27.6. The second kappa shape index (κ2) is 26.3. The van der Waals surface area contributed by atoms with Crippen molar-refractivity contribution in [2.75, 3.05) is 27.7 Å². The zero-order valence-corrected chi connectivity index (χ0v) is 35.4. The molecule has 0 radical (unpaired) electrons. The fraction of sp³-hybridized carbons (Fsp3) is 0.545. The lowest BCUT2D eigenvalue weighted by Crippen LogP contribution is -2.61. The molecule has 1 aromatic carbocycles. The van der Waals surface area contributed by atoms with Crippen LogP contribution in [0, 0.1) is 17.8 Å². The van der Waals surface area contributed by atoms with Crippen molar-refractivity contribution in [3.8, 4) is 0 Å². The number of esters is 1. The van der Waals surface area contributed by atoms with Crippen molar-refractivity contribution in [3.05, 3.63) is 84.0 Å². The number of ether oxygens (including phenoxy) is 1. The molecule has 14 nitrogen and oxygen atoms in total. The minimum atomic E-state index is -0.890. The average Bonchev–Trinajstić information content (AvgIpc) is 3.20. The fourth-order valence-corrected chi connectivity index (χ4v) is 6.42. The first kappa shape index (κ1) is 49.4. The van der Waals surface area contributed by atoms with Crippen LogP contribution >= 0.6 is 0 Å². The summed E-state index contributed by atoms with van der Waals surface area (Å²) in [5.41, 5.74) is 4.60. The summed E-state index contributed by atoms with van der Waals surface area (Å²) in [4.78, 5) is 81.1. The highest BCUT2D eigenvalue weighted by molar-refractivity contribution is 5.90. The number of carbonyl (C=O) groups excluding carboxylic acids is 6. The lowest BCUT2D eigenvalue weighted by atomic mass is 9.87. The number of Topliss-reactive ketones (excluding diaryl/α,β-unsaturated/α-hetero) is 1. The third kappa shape index (κ3) is 17.0. The number of amides is 3. The number of hydrogen-bond donors (Lipinski definition) is 4. The Labute approximate surface area is 344 Å². The lowest BCUT2D eigenvalue weighted by molar-refractivity contribution is -0.162. The van der Waals surface area contributed by atoms with E-state index in [9.17, 15) is 33.9 Å². The van der Waals surface area contributed by atoms with Crippen LogP contribution in [0.1, 0.15) is 78.7 Å². The molecule has 0 aromatic heterocycles. The Morgan fingerprint density at radius 2 is 1.71 bits per heavy atom. The van der Waals surface area contributed by atoms with Gasteiger partial charge in [0.25, 0.3) is 11.8 Å². The zero-order valence-electron chi connectivity index (χ0n) is 35.4. The number of aldehydes is 1. The third-order valence-electron chi connectivity index (χ3n) is 10.1. The van der Waals surface area contributed by atoms with E-state index in [1.807, 2.05) is 69.3 Å². The van der Waals surface area contributed by atoms with Gasteiger partial charge in [-0.05, 0) is 69.6 Å². The fourth-order valence-electron chi connectivity index (χ4n) is 6.42. The zero-order chi connectivity index (χ0) is 43.2. The van der Waals surface area contributed by atoms with Gasteiger partial charge in [-0.2, -0.15) is 0 Å². The molecule has 1 aliphatic heterocycles. The normalized spacial score (nSPS) is 18.1. The number of aliphatic hydroxyl groups excluding tert-OH is 1. The molecule has 320 valence electrons. The van der Waals surface area contributed by atoms with E-state index in [1.165, 1.54) is 32.2 Å². The van der Waals surface area contributed by atoms with Crippen LogP contribution in [0.5, 0.6) is 0 Å².